The van der Waals surface area contributed by atoms with Gasteiger partial charge in [0.2, 0.25) is 5.91 Å². The van der Waals surface area contributed by atoms with E-state index in [1.165, 1.54) is 11.3 Å². The summed E-state index contributed by atoms with van der Waals surface area (Å²) in [5, 5.41) is 4.94. The molecule has 0 atom stereocenters. The summed E-state index contributed by atoms with van der Waals surface area (Å²) in [6.07, 6.45) is 0.448. The third kappa shape index (κ3) is 7.99. The SMILES string of the molecule is CN(C)CCN(Cc1cc(NC(=O)CC(C)(C)C)ccc1N(C)C)C(=O)c1cccs1. The summed E-state index contributed by atoms with van der Waals surface area (Å²) in [6.45, 7) is 8.01. The molecule has 2 aromatic rings. The summed E-state index contributed by atoms with van der Waals surface area (Å²) >= 11 is 1.46. The number of rotatable bonds is 9. The second kappa shape index (κ2) is 10.8. The zero-order valence-electron chi connectivity index (χ0n) is 19.9. The smallest absolute Gasteiger partial charge is 0.264 e. The van der Waals surface area contributed by atoms with Crippen LogP contribution >= 0.6 is 11.3 Å². The molecular formula is C24H36N4O2S. The fourth-order valence-corrected chi connectivity index (χ4v) is 3.94. The van der Waals surface area contributed by atoms with Gasteiger partial charge in [-0.1, -0.05) is 26.8 Å². The van der Waals surface area contributed by atoms with Gasteiger partial charge in [0.15, 0.2) is 0 Å². The van der Waals surface area contributed by atoms with Crippen LogP contribution in [0.1, 0.15) is 42.4 Å². The predicted molar refractivity (Wildman–Crippen MR) is 131 cm³/mol. The van der Waals surface area contributed by atoms with Crippen molar-refractivity contribution in [2.75, 3.05) is 51.5 Å². The zero-order valence-corrected chi connectivity index (χ0v) is 20.7. The minimum Gasteiger partial charge on any atom is -0.377 e. The first-order chi connectivity index (χ1) is 14.5. The Kier molecular flexibility index (Phi) is 8.65. The molecule has 2 rings (SSSR count). The second-order valence-electron chi connectivity index (χ2n) is 9.53. The van der Waals surface area contributed by atoms with Crippen LogP contribution in [0.3, 0.4) is 0 Å². The lowest BCUT2D eigenvalue weighted by atomic mass is 9.92. The summed E-state index contributed by atoms with van der Waals surface area (Å²) < 4.78 is 0. The van der Waals surface area contributed by atoms with Gasteiger partial charge in [-0.3, -0.25) is 9.59 Å². The Hall–Kier alpha value is -2.38. The lowest BCUT2D eigenvalue weighted by Crippen LogP contribution is -2.36. The lowest BCUT2D eigenvalue weighted by Gasteiger charge is -2.27. The molecule has 0 saturated carbocycles. The highest BCUT2D eigenvalue weighted by Gasteiger charge is 2.20. The fraction of sp³-hybridized carbons (Fsp3) is 0.500. The van der Waals surface area contributed by atoms with Gasteiger partial charge >= 0.3 is 0 Å². The molecule has 6 nitrogen and oxygen atoms in total. The molecule has 1 aromatic carbocycles. The number of nitrogens with one attached hydrogen (secondary N) is 1. The van der Waals surface area contributed by atoms with Crippen LogP contribution in [-0.2, 0) is 11.3 Å². The molecule has 170 valence electrons. The van der Waals surface area contributed by atoms with Crippen LogP contribution in [0.25, 0.3) is 0 Å². The van der Waals surface area contributed by atoms with Crippen LogP contribution < -0.4 is 10.2 Å². The molecule has 0 spiro atoms. The lowest BCUT2D eigenvalue weighted by molar-refractivity contribution is -0.117. The molecule has 0 unspecified atom stereocenters. The summed E-state index contributed by atoms with van der Waals surface area (Å²) in [5.41, 5.74) is 2.71. The van der Waals surface area contributed by atoms with Crippen molar-refractivity contribution in [2.45, 2.75) is 33.7 Å². The molecule has 2 amide bonds. The number of hydrogen-bond donors (Lipinski definition) is 1. The van der Waals surface area contributed by atoms with Crippen molar-refractivity contribution in [1.82, 2.24) is 9.80 Å². The molecule has 0 radical (unpaired) electrons. The molecule has 1 N–H and O–H groups in total. The van der Waals surface area contributed by atoms with Crippen LogP contribution in [0.15, 0.2) is 35.7 Å². The summed E-state index contributed by atoms with van der Waals surface area (Å²) in [5.74, 6) is 0.0268. The second-order valence-corrected chi connectivity index (χ2v) is 10.5. The molecular weight excluding hydrogens is 408 g/mol. The summed E-state index contributed by atoms with van der Waals surface area (Å²) in [6, 6.07) is 9.68. The molecule has 0 aliphatic carbocycles. The Morgan fingerprint density at radius 2 is 1.74 bits per heavy atom. The Balaban J connectivity index is 2.30. The van der Waals surface area contributed by atoms with Gasteiger partial charge in [-0.2, -0.15) is 0 Å². The first-order valence-electron chi connectivity index (χ1n) is 10.5. The molecule has 0 bridgehead atoms. The summed E-state index contributed by atoms with van der Waals surface area (Å²) in [4.78, 5) is 32.3. The van der Waals surface area contributed by atoms with Gasteiger partial charge in [0.1, 0.15) is 0 Å². The van der Waals surface area contributed by atoms with Gasteiger partial charge in [-0.15, -0.1) is 11.3 Å². The number of hydrogen-bond acceptors (Lipinski definition) is 5. The fourth-order valence-electron chi connectivity index (χ4n) is 3.25. The topological polar surface area (TPSA) is 55.9 Å². The van der Waals surface area contributed by atoms with Gasteiger partial charge < -0.3 is 20.0 Å². The number of thiophene rings is 1. The highest BCUT2D eigenvalue weighted by molar-refractivity contribution is 7.12. The van der Waals surface area contributed by atoms with Gasteiger partial charge in [0.05, 0.1) is 4.88 Å². The predicted octanol–water partition coefficient (Wildman–Crippen LogP) is 4.39. The minimum atomic E-state index is -0.0768. The average molecular weight is 445 g/mol. The van der Waals surface area contributed by atoms with E-state index < -0.39 is 0 Å². The van der Waals surface area contributed by atoms with Gasteiger partial charge in [-0.05, 0) is 54.7 Å². The van der Waals surface area contributed by atoms with E-state index in [1.54, 1.807) is 0 Å². The summed E-state index contributed by atoms with van der Waals surface area (Å²) in [7, 11) is 7.98. The monoisotopic (exact) mass is 444 g/mol. The molecule has 0 fully saturated rings. The van der Waals surface area contributed by atoms with Crippen LogP contribution in [-0.4, -0.2) is 62.9 Å². The Morgan fingerprint density at radius 1 is 1.03 bits per heavy atom. The highest BCUT2D eigenvalue weighted by Crippen LogP contribution is 2.27. The first kappa shape index (κ1) is 24.9. The number of nitrogens with zero attached hydrogens (tertiary/aromatic N) is 3. The van der Waals surface area contributed by atoms with Gasteiger partial charge in [0.25, 0.3) is 5.91 Å². The Labute approximate surface area is 190 Å². The minimum absolute atomic E-state index is 0.00446. The van der Waals surface area contributed by atoms with E-state index in [0.29, 0.717) is 19.5 Å². The molecule has 0 saturated heterocycles. The van der Waals surface area contributed by atoms with E-state index >= 15 is 0 Å². The highest BCUT2D eigenvalue weighted by atomic mass is 32.1. The molecule has 0 aliphatic heterocycles. The number of benzene rings is 1. The van der Waals surface area contributed by atoms with Crippen molar-refractivity contribution in [3.63, 3.8) is 0 Å². The standard InChI is InChI=1S/C24H36N4O2S/c1-24(2,3)16-22(29)25-19-10-11-20(27(6)7)18(15-19)17-28(13-12-26(4)5)23(30)21-9-8-14-31-21/h8-11,14-15H,12-13,16-17H2,1-7H3,(H,25,29). The van der Waals surface area contributed by atoms with Crippen LogP contribution in [0.5, 0.6) is 0 Å². The van der Waals surface area contributed by atoms with E-state index in [1.807, 2.05) is 94.5 Å². The van der Waals surface area contributed by atoms with Gasteiger partial charge in [0, 0.05) is 51.5 Å². The normalized spacial score (nSPS) is 11.5. The number of likely N-dealkylation sites (N-methyl/N-ethyl adjacent to an activating group) is 1. The van der Waals surface area contributed by atoms with E-state index in [4.69, 9.17) is 0 Å². The average Bonchev–Trinajstić information content (AvgIpc) is 3.17. The van der Waals surface area contributed by atoms with Crippen molar-refractivity contribution in [1.29, 1.82) is 0 Å². The van der Waals surface area contributed by atoms with Crippen molar-refractivity contribution in [3.05, 3.63) is 46.2 Å². The number of anilines is 2. The maximum atomic E-state index is 13.2. The van der Waals surface area contributed by atoms with E-state index in [-0.39, 0.29) is 17.2 Å². The third-order valence-electron chi connectivity index (χ3n) is 4.73. The van der Waals surface area contributed by atoms with Gasteiger partial charge in [-0.25, -0.2) is 0 Å². The number of amides is 2. The molecule has 0 aliphatic rings. The molecule has 1 heterocycles. The van der Waals surface area contributed by atoms with Crippen molar-refractivity contribution >= 4 is 34.5 Å². The van der Waals surface area contributed by atoms with Crippen molar-refractivity contribution in [2.24, 2.45) is 5.41 Å². The van der Waals surface area contributed by atoms with Crippen molar-refractivity contribution in [3.8, 4) is 0 Å². The zero-order chi connectivity index (χ0) is 23.2. The van der Waals surface area contributed by atoms with Crippen LogP contribution in [0, 0.1) is 5.41 Å². The van der Waals surface area contributed by atoms with Crippen LogP contribution in [0.2, 0.25) is 0 Å². The van der Waals surface area contributed by atoms with E-state index in [0.717, 1.165) is 28.4 Å². The number of carbonyl (C=O) groups excluding carboxylic acids is 2. The molecule has 1 aromatic heterocycles. The largest absolute Gasteiger partial charge is 0.377 e. The third-order valence-corrected chi connectivity index (χ3v) is 5.59. The molecule has 7 heteroatoms. The number of carbonyl (C=O) groups is 2. The first-order valence-corrected chi connectivity index (χ1v) is 11.4. The van der Waals surface area contributed by atoms with E-state index in [9.17, 15) is 9.59 Å². The molecule has 31 heavy (non-hydrogen) atoms. The Bertz CT molecular complexity index is 870. The van der Waals surface area contributed by atoms with Crippen molar-refractivity contribution < 1.29 is 9.59 Å². The maximum Gasteiger partial charge on any atom is 0.264 e. The quantitative estimate of drug-likeness (QED) is 0.623. The van der Waals surface area contributed by atoms with Crippen LogP contribution in [0.4, 0.5) is 11.4 Å². The maximum absolute atomic E-state index is 13.2. The Morgan fingerprint density at radius 3 is 2.29 bits per heavy atom. The van der Waals surface area contributed by atoms with E-state index in [2.05, 4.69) is 10.2 Å².